The smallest absolute Gasteiger partial charge is 0.292 e. The van der Waals surface area contributed by atoms with E-state index in [0.717, 1.165) is 12.0 Å². The lowest BCUT2D eigenvalue weighted by Gasteiger charge is -2.27. The van der Waals surface area contributed by atoms with Gasteiger partial charge in [-0.1, -0.05) is 35.5 Å². The van der Waals surface area contributed by atoms with Crippen LogP contribution in [0.2, 0.25) is 0 Å². The summed E-state index contributed by atoms with van der Waals surface area (Å²) in [5, 5.41) is 3.76. The number of nitrogens with zero attached hydrogens (tertiary/aromatic N) is 2. The molecule has 2 aromatic rings. The van der Waals surface area contributed by atoms with E-state index >= 15 is 0 Å². The first kappa shape index (κ1) is 15.3. The van der Waals surface area contributed by atoms with Gasteiger partial charge in [-0.2, -0.15) is 0 Å². The van der Waals surface area contributed by atoms with Crippen molar-refractivity contribution in [3.05, 3.63) is 53.4 Å². The Hall–Kier alpha value is -2.14. The minimum Gasteiger partial charge on any atom is -0.383 e. The number of benzene rings is 1. The van der Waals surface area contributed by atoms with Crippen molar-refractivity contribution >= 4 is 5.91 Å². The Balaban J connectivity index is 2.11. The Labute approximate surface area is 124 Å². The number of carbonyl (C=O) groups is 1. The highest BCUT2D eigenvalue weighted by Crippen LogP contribution is 2.13. The molecule has 5 heteroatoms. The maximum absolute atomic E-state index is 12.4. The number of ether oxygens (including phenoxy) is 1. The lowest BCUT2D eigenvalue weighted by molar-refractivity contribution is 0.0567. The van der Waals surface area contributed by atoms with Crippen molar-refractivity contribution in [3.63, 3.8) is 0 Å². The zero-order valence-corrected chi connectivity index (χ0v) is 12.6. The minimum atomic E-state index is -0.186. The average molecular weight is 288 g/mol. The molecule has 1 atom stereocenters. The number of aromatic nitrogens is 1. The van der Waals surface area contributed by atoms with Gasteiger partial charge in [-0.15, -0.1) is 0 Å². The van der Waals surface area contributed by atoms with E-state index < -0.39 is 0 Å². The van der Waals surface area contributed by atoms with Crippen LogP contribution in [0.4, 0.5) is 0 Å². The number of hydrogen-bond donors (Lipinski definition) is 0. The minimum absolute atomic E-state index is 0.0599. The number of rotatable bonds is 6. The van der Waals surface area contributed by atoms with Crippen LogP contribution in [0.25, 0.3) is 0 Å². The van der Waals surface area contributed by atoms with Gasteiger partial charge in [-0.25, -0.2) is 0 Å². The molecule has 1 unspecified atom stereocenters. The molecule has 1 amide bonds. The monoisotopic (exact) mass is 288 g/mol. The third kappa shape index (κ3) is 3.92. The molecule has 1 heterocycles. The molecule has 0 radical (unpaired) electrons. The molecule has 0 saturated carbocycles. The maximum Gasteiger partial charge on any atom is 0.292 e. The van der Waals surface area contributed by atoms with Gasteiger partial charge in [-0.3, -0.25) is 4.79 Å². The van der Waals surface area contributed by atoms with Crippen molar-refractivity contribution < 1.29 is 14.1 Å². The van der Waals surface area contributed by atoms with Gasteiger partial charge in [0.1, 0.15) is 0 Å². The molecular formula is C16H20N2O3. The molecule has 0 aliphatic heterocycles. The molecule has 0 N–H and O–H groups in total. The Morgan fingerprint density at radius 3 is 2.67 bits per heavy atom. The van der Waals surface area contributed by atoms with E-state index in [9.17, 15) is 4.79 Å². The molecule has 0 bridgehead atoms. The molecule has 0 spiro atoms. The SMILES string of the molecule is COCC(Cc1ccccc1)N(C)C(=O)c1cc(C)no1. The number of amides is 1. The molecule has 0 saturated heterocycles. The fourth-order valence-corrected chi connectivity index (χ4v) is 2.19. The molecule has 112 valence electrons. The van der Waals surface area contributed by atoms with Crippen LogP contribution in [-0.4, -0.2) is 42.8 Å². The molecule has 0 fully saturated rings. The summed E-state index contributed by atoms with van der Waals surface area (Å²) in [7, 11) is 3.39. The van der Waals surface area contributed by atoms with Crippen LogP contribution in [0, 0.1) is 6.92 Å². The first-order valence-electron chi connectivity index (χ1n) is 6.85. The van der Waals surface area contributed by atoms with Crippen LogP contribution < -0.4 is 0 Å². The Morgan fingerprint density at radius 1 is 1.38 bits per heavy atom. The molecule has 2 rings (SSSR count). The van der Waals surface area contributed by atoms with Crippen molar-refractivity contribution in [2.75, 3.05) is 20.8 Å². The fourth-order valence-electron chi connectivity index (χ4n) is 2.19. The van der Waals surface area contributed by atoms with Gasteiger partial charge >= 0.3 is 0 Å². The highest BCUT2D eigenvalue weighted by Gasteiger charge is 2.24. The summed E-state index contributed by atoms with van der Waals surface area (Å²) < 4.78 is 10.3. The summed E-state index contributed by atoms with van der Waals surface area (Å²) in [4.78, 5) is 14.1. The molecule has 1 aromatic heterocycles. The van der Waals surface area contributed by atoms with Gasteiger partial charge in [0, 0.05) is 20.2 Å². The summed E-state index contributed by atoms with van der Waals surface area (Å²) >= 11 is 0. The lowest BCUT2D eigenvalue weighted by atomic mass is 10.1. The lowest BCUT2D eigenvalue weighted by Crippen LogP contribution is -2.41. The second-order valence-corrected chi connectivity index (χ2v) is 5.05. The van der Waals surface area contributed by atoms with Gasteiger partial charge in [0.05, 0.1) is 18.3 Å². The first-order valence-corrected chi connectivity index (χ1v) is 6.85. The molecule has 0 aliphatic carbocycles. The largest absolute Gasteiger partial charge is 0.383 e. The van der Waals surface area contributed by atoms with Crippen LogP contribution in [0.5, 0.6) is 0 Å². The van der Waals surface area contributed by atoms with E-state index in [2.05, 4.69) is 5.16 Å². The predicted octanol–water partition coefficient (Wildman–Crippen LogP) is 2.31. The maximum atomic E-state index is 12.4. The Morgan fingerprint density at radius 2 is 2.10 bits per heavy atom. The highest BCUT2D eigenvalue weighted by atomic mass is 16.5. The fraction of sp³-hybridized carbons (Fsp3) is 0.375. The number of hydrogen-bond acceptors (Lipinski definition) is 4. The molecule has 5 nitrogen and oxygen atoms in total. The van der Waals surface area contributed by atoms with E-state index in [1.54, 1.807) is 32.0 Å². The number of methoxy groups -OCH3 is 1. The van der Waals surface area contributed by atoms with Gasteiger partial charge in [0.25, 0.3) is 5.91 Å². The third-order valence-electron chi connectivity index (χ3n) is 3.38. The third-order valence-corrected chi connectivity index (χ3v) is 3.38. The molecule has 1 aromatic carbocycles. The van der Waals surface area contributed by atoms with Crippen LogP contribution in [0.1, 0.15) is 21.8 Å². The van der Waals surface area contributed by atoms with Gasteiger partial charge in [0.2, 0.25) is 5.76 Å². The molecule has 21 heavy (non-hydrogen) atoms. The Bertz CT molecular complexity index is 580. The zero-order chi connectivity index (χ0) is 15.2. The highest BCUT2D eigenvalue weighted by molar-refractivity contribution is 5.91. The van der Waals surface area contributed by atoms with Crippen molar-refractivity contribution in [1.82, 2.24) is 10.1 Å². The van der Waals surface area contributed by atoms with Crippen LogP contribution in [0.15, 0.2) is 40.9 Å². The predicted molar refractivity (Wildman–Crippen MR) is 79.1 cm³/mol. The van der Waals surface area contributed by atoms with E-state index in [4.69, 9.17) is 9.26 Å². The van der Waals surface area contributed by atoms with Gasteiger partial charge in [-0.05, 0) is 18.9 Å². The summed E-state index contributed by atoms with van der Waals surface area (Å²) in [6.45, 7) is 2.25. The van der Waals surface area contributed by atoms with Crippen LogP contribution in [-0.2, 0) is 11.2 Å². The quantitative estimate of drug-likeness (QED) is 0.818. The molecule has 0 aliphatic rings. The van der Waals surface area contributed by atoms with Crippen molar-refractivity contribution in [2.45, 2.75) is 19.4 Å². The van der Waals surface area contributed by atoms with Crippen LogP contribution in [0.3, 0.4) is 0 Å². The van der Waals surface area contributed by atoms with E-state index in [-0.39, 0.29) is 17.7 Å². The summed E-state index contributed by atoms with van der Waals surface area (Å²) in [6.07, 6.45) is 0.726. The van der Waals surface area contributed by atoms with E-state index in [0.29, 0.717) is 12.3 Å². The first-order chi connectivity index (χ1) is 10.1. The second kappa shape index (κ2) is 7.04. The summed E-state index contributed by atoms with van der Waals surface area (Å²) in [5.41, 5.74) is 1.85. The van der Waals surface area contributed by atoms with Crippen molar-refractivity contribution in [2.24, 2.45) is 0 Å². The standard InChI is InChI=1S/C16H20N2O3/c1-12-9-15(21-17-12)16(19)18(2)14(11-20-3)10-13-7-5-4-6-8-13/h4-9,14H,10-11H2,1-3H3. The number of carbonyl (C=O) groups excluding carboxylic acids is 1. The number of aryl methyl sites for hydroxylation is 1. The number of likely N-dealkylation sites (N-methyl/N-ethyl adjacent to an activating group) is 1. The van der Waals surface area contributed by atoms with Gasteiger partial charge in [0.15, 0.2) is 0 Å². The molecular weight excluding hydrogens is 268 g/mol. The van der Waals surface area contributed by atoms with E-state index in [1.807, 2.05) is 30.3 Å². The summed E-state index contributed by atoms with van der Waals surface area (Å²) in [6, 6.07) is 11.6. The van der Waals surface area contributed by atoms with Crippen LogP contribution >= 0.6 is 0 Å². The van der Waals surface area contributed by atoms with E-state index in [1.165, 1.54) is 0 Å². The second-order valence-electron chi connectivity index (χ2n) is 5.05. The zero-order valence-electron chi connectivity index (χ0n) is 12.6. The van der Waals surface area contributed by atoms with Crippen molar-refractivity contribution in [1.29, 1.82) is 0 Å². The average Bonchev–Trinajstić information content (AvgIpc) is 2.93. The summed E-state index contributed by atoms with van der Waals surface area (Å²) in [5.74, 6) is 0.0674. The van der Waals surface area contributed by atoms with Crippen molar-refractivity contribution in [3.8, 4) is 0 Å². The van der Waals surface area contributed by atoms with Gasteiger partial charge < -0.3 is 14.2 Å². The topological polar surface area (TPSA) is 55.6 Å². The normalized spacial score (nSPS) is 12.1. The Kier molecular flexibility index (Phi) is 5.11.